The van der Waals surface area contributed by atoms with E-state index < -0.39 is 5.91 Å². The van der Waals surface area contributed by atoms with Crippen LogP contribution in [0.15, 0.2) is 18.2 Å². The molecule has 1 aromatic rings. The summed E-state index contributed by atoms with van der Waals surface area (Å²) in [5, 5.41) is 6.72. The van der Waals surface area contributed by atoms with Crippen molar-refractivity contribution in [3.8, 4) is 0 Å². The monoisotopic (exact) mass is 307 g/mol. The normalized spacial score (nSPS) is 15.7. The Kier molecular flexibility index (Phi) is 5.64. The van der Waals surface area contributed by atoms with E-state index in [2.05, 4.69) is 10.6 Å². The van der Waals surface area contributed by atoms with Crippen molar-refractivity contribution in [1.29, 1.82) is 0 Å². The summed E-state index contributed by atoms with van der Waals surface area (Å²) >= 11 is 1.70. The molecule has 4 N–H and O–H groups in total. The summed E-state index contributed by atoms with van der Waals surface area (Å²) in [5.74, 6) is -0.0822. The van der Waals surface area contributed by atoms with E-state index >= 15 is 0 Å². The molecule has 1 saturated heterocycles. The van der Waals surface area contributed by atoms with E-state index in [9.17, 15) is 9.59 Å². The van der Waals surface area contributed by atoms with Crippen molar-refractivity contribution in [2.75, 3.05) is 24.2 Å². The van der Waals surface area contributed by atoms with E-state index in [-0.39, 0.29) is 5.91 Å². The molecule has 1 aliphatic rings. The Morgan fingerprint density at radius 2 is 2.10 bits per heavy atom. The molecule has 0 aromatic heterocycles. The highest BCUT2D eigenvalue weighted by atomic mass is 32.2. The van der Waals surface area contributed by atoms with Crippen molar-refractivity contribution in [2.45, 2.75) is 25.0 Å². The van der Waals surface area contributed by atoms with Crippen LogP contribution in [0.5, 0.6) is 0 Å². The molecule has 6 heteroatoms. The van der Waals surface area contributed by atoms with Crippen molar-refractivity contribution in [3.05, 3.63) is 29.3 Å². The minimum Gasteiger partial charge on any atom is -0.366 e. The third kappa shape index (κ3) is 4.47. The second kappa shape index (κ2) is 7.47. The van der Waals surface area contributed by atoms with E-state index in [0.717, 1.165) is 25.9 Å². The van der Waals surface area contributed by atoms with Crippen LogP contribution < -0.4 is 16.4 Å². The lowest BCUT2D eigenvalue weighted by molar-refractivity contribution is -0.113. The summed E-state index contributed by atoms with van der Waals surface area (Å²) in [5.41, 5.74) is 7.12. The van der Waals surface area contributed by atoms with Crippen molar-refractivity contribution >= 4 is 29.3 Å². The molecule has 1 aliphatic heterocycles. The smallest absolute Gasteiger partial charge is 0.249 e. The van der Waals surface area contributed by atoms with Crippen molar-refractivity contribution in [2.24, 2.45) is 5.73 Å². The molecular formula is C15H21N3O2S. The molecule has 0 unspecified atom stereocenters. The molecule has 114 valence electrons. The molecule has 0 atom stereocenters. The van der Waals surface area contributed by atoms with E-state index in [1.807, 2.05) is 0 Å². The van der Waals surface area contributed by atoms with Gasteiger partial charge in [0.05, 0.1) is 5.75 Å². The Morgan fingerprint density at radius 1 is 1.38 bits per heavy atom. The number of anilines is 1. The number of thioether (sulfide) groups is 1. The van der Waals surface area contributed by atoms with Gasteiger partial charge < -0.3 is 16.4 Å². The maximum absolute atomic E-state index is 12.0. The van der Waals surface area contributed by atoms with Crippen LogP contribution in [0.25, 0.3) is 0 Å². The molecule has 1 heterocycles. The fraction of sp³-hybridized carbons (Fsp3) is 0.467. The fourth-order valence-electron chi connectivity index (χ4n) is 2.38. The molecule has 0 radical (unpaired) electrons. The van der Waals surface area contributed by atoms with Gasteiger partial charge in [0.1, 0.15) is 0 Å². The average Bonchev–Trinajstić information content (AvgIpc) is 2.48. The van der Waals surface area contributed by atoms with Gasteiger partial charge in [-0.1, -0.05) is 6.07 Å². The number of carbonyl (C=O) groups excluding carboxylic acids is 2. The van der Waals surface area contributed by atoms with Gasteiger partial charge >= 0.3 is 0 Å². The minimum atomic E-state index is -0.479. The first-order valence-corrected chi connectivity index (χ1v) is 8.14. The van der Waals surface area contributed by atoms with Crippen LogP contribution in [0, 0.1) is 6.92 Å². The number of amides is 2. The zero-order valence-electron chi connectivity index (χ0n) is 12.1. The third-order valence-electron chi connectivity index (χ3n) is 3.61. The van der Waals surface area contributed by atoms with Crippen molar-refractivity contribution < 1.29 is 9.59 Å². The third-order valence-corrected chi connectivity index (χ3v) is 4.98. The lowest BCUT2D eigenvalue weighted by Crippen LogP contribution is -2.30. The topological polar surface area (TPSA) is 84.2 Å². The van der Waals surface area contributed by atoms with Crippen LogP contribution in [-0.4, -0.2) is 35.9 Å². The fourth-order valence-corrected chi connectivity index (χ4v) is 3.41. The maximum atomic E-state index is 12.0. The van der Waals surface area contributed by atoms with E-state index in [1.165, 1.54) is 0 Å². The second-order valence-electron chi connectivity index (χ2n) is 5.15. The molecule has 5 nitrogen and oxygen atoms in total. The number of piperidine rings is 1. The molecule has 21 heavy (non-hydrogen) atoms. The average molecular weight is 307 g/mol. The zero-order chi connectivity index (χ0) is 15.2. The Labute approximate surface area is 129 Å². The highest BCUT2D eigenvalue weighted by Crippen LogP contribution is 2.22. The summed E-state index contributed by atoms with van der Waals surface area (Å²) in [6.07, 6.45) is 2.21. The van der Waals surface area contributed by atoms with Gasteiger partial charge in [0.15, 0.2) is 0 Å². The standard InChI is InChI=1S/C15H21N3O2S/c1-10-12(15(16)20)3-2-4-13(10)18-14(19)9-21-11-5-7-17-8-6-11/h2-4,11,17H,5-9H2,1H3,(H2,16,20)(H,18,19). The molecule has 1 fully saturated rings. The highest BCUT2D eigenvalue weighted by Gasteiger charge is 2.16. The largest absolute Gasteiger partial charge is 0.366 e. The molecule has 0 aliphatic carbocycles. The molecule has 0 saturated carbocycles. The first-order valence-electron chi connectivity index (χ1n) is 7.09. The van der Waals surface area contributed by atoms with Gasteiger partial charge in [-0.15, -0.1) is 11.8 Å². The van der Waals surface area contributed by atoms with Crippen molar-refractivity contribution in [1.82, 2.24) is 5.32 Å². The Morgan fingerprint density at radius 3 is 2.76 bits per heavy atom. The lowest BCUT2D eigenvalue weighted by Gasteiger charge is -2.21. The van der Waals surface area contributed by atoms with Gasteiger partial charge in [0, 0.05) is 16.5 Å². The molecule has 2 rings (SSSR count). The summed E-state index contributed by atoms with van der Waals surface area (Å²) < 4.78 is 0. The van der Waals surface area contributed by atoms with Crippen LogP contribution in [0.1, 0.15) is 28.8 Å². The second-order valence-corrected chi connectivity index (χ2v) is 6.44. The maximum Gasteiger partial charge on any atom is 0.249 e. The van der Waals surface area contributed by atoms with Gasteiger partial charge in [0.25, 0.3) is 0 Å². The Balaban J connectivity index is 1.90. The molecule has 1 aromatic carbocycles. The molecule has 2 amide bonds. The predicted octanol–water partition coefficient (Wildman–Crippen LogP) is 1.52. The minimum absolute atomic E-state index is 0.0387. The Bertz CT molecular complexity index is 528. The van der Waals surface area contributed by atoms with Crippen molar-refractivity contribution in [3.63, 3.8) is 0 Å². The quantitative estimate of drug-likeness (QED) is 0.770. The number of nitrogens with two attached hydrogens (primary N) is 1. The lowest BCUT2D eigenvalue weighted by atomic mass is 10.1. The first-order chi connectivity index (χ1) is 10.1. The number of rotatable bonds is 5. The SMILES string of the molecule is Cc1c(NC(=O)CSC2CCNCC2)cccc1C(N)=O. The van der Waals surface area contributed by atoms with Gasteiger partial charge in [0.2, 0.25) is 11.8 Å². The highest BCUT2D eigenvalue weighted by molar-refractivity contribution is 8.00. The predicted molar refractivity (Wildman–Crippen MR) is 86.7 cm³/mol. The van der Waals surface area contributed by atoms with E-state index in [0.29, 0.717) is 27.8 Å². The van der Waals surface area contributed by atoms with Gasteiger partial charge in [-0.05, 0) is 50.6 Å². The number of hydrogen-bond acceptors (Lipinski definition) is 4. The summed E-state index contributed by atoms with van der Waals surface area (Å²) in [6.45, 7) is 3.84. The number of carbonyl (C=O) groups is 2. The molecule has 0 spiro atoms. The van der Waals surface area contributed by atoms with Crippen LogP contribution >= 0.6 is 11.8 Å². The summed E-state index contributed by atoms with van der Waals surface area (Å²) in [7, 11) is 0. The van der Waals surface area contributed by atoms with Crippen LogP contribution in [0.3, 0.4) is 0 Å². The van der Waals surface area contributed by atoms with Crippen LogP contribution in [0.4, 0.5) is 5.69 Å². The molecular weight excluding hydrogens is 286 g/mol. The van der Waals surface area contributed by atoms with E-state index in [1.54, 1.807) is 36.9 Å². The first kappa shape index (κ1) is 15.9. The number of nitrogens with one attached hydrogen (secondary N) is 2. The van der Waals surface area contributed by atoms with Crippen LogP contribution in [-0.2, 0) is 4.79 Å². The zero-order valence-corrected chi connectivity index (χ0v) is 13.0. The summed E-state index contributed by atoms with van der Waals surface area (Å²) in [4.78, 5) is 23.3. The number of primary amides is 1. The van der Waals surface area contributed by atoms with Crippen LogP contribution in [0.2, 0.25) is 0 Å². The number of hydrogen-bond donors (Lipinski definition) is 3. The molecule has 0 bridgehead atoms. The number of benzene rings is 1. The van der Waals surface area contributed by atoms with Gasteiger partial charge in [-0.2, -0.15) is 0 Å². The van der Waals surface area contributed by atoms with E-state index in [4.69, 9.17) is 5.73 Å². The van der Waals surface area contributed by atoms with Gasteiger partial charge in [-0.25, -0.2) is 0 Å². The van der Waals surface area contributed by atoms with Gasteiger partial charge in [-0.3, -0.25) is 9.59 Å². The Hall–Kier alpha value is -1.53. The summed E-state index contributed by atoms with van der Waals surface area (Å²) in [6, 6.07) is 5.18.